The zero-order valence-electron chi connectivity index (χ0n) is 10.5. The summed E-state index contributed by atoms with van der Waals surface area (Å²) in [7, 11) is 0. The van der Waals surface area contributed by atoms with Gasteiger partial charge in [-0.1, -0.05) is 0 Å². The van der Waals surface area contributed by atoms with Crippen LogP contribution in [-0.2, 0) is 4.74 Å². The summed E-state index contributed by atoms with van der Waals surface area (Å²) < 4.78 is 14.4. The fourth-order valence-corrected chi connectivity index (χ4v) is 3.36. The Balaban J connectivity index is 1.70. The van der Waals surface area contributed by atoms with Crippen LogP contribution in [0, 0.1) is 0 Å². The van der Waals surface area contributed by atoms with Crippen molar-refractivity contribution in [3.8, 4) is 5.75 Å². The van der Waals surface area contributed by atoms with Crippen molar-refractivity contribution in [3.63, 3.8) is 0 Å². The van der Waals surface area contributed by atoms with E-state index >= 15 is 0 Å². The maximum atomic E-state index is 6.02. The highest BCUT2D eigenvalue weighted by Crippen LogP contribution is 2.33. The Kier molecular flexibility index (Phi) is 3.89. The molecule has 0 amide bonds. The van der Waals surface area contributed by atoms with Crippen molar-refractivity contribution >= 4 is 15.9 Å². The Morgan fingerprint density at radius 1 is 1.22 bits per heavy atom. The predicted molar refractivity (Wildman–Crippen MR) is 71.9 cm³/mol. The van der Waals surface area contributed by atoms with E-state index in [1.54, 1.807) is 0 Å². The van der Waals surface area contributed by atoms with Crippen LogP contribution in [0.5, 0.6) is 5.75 Å². The van der Waals surface area contributed by atoms with Crippen molar-refractivity contribution in [2.75, 3.05) is 13.2 Å². The van der Waals surface area contributed by atoms with E-state index in [0.29, 0.717) is 12.1 Å². The summed E-state index contributed by atoms with van der Waals surface area (Å²) in [6.45, 7) is 1.66. The molecule has 0 bridgehead atoms. The van der Waals surface area contributed by atoms with Gasteiger partial charge in [0.05, 0.1) is 18.3 Å². The van der Waals surface area contributed by atoms with Gasteiger partial charge in [0.2, 0.25) is 0 Å². The van der Waals surface area contributed by atoms with Gasteiger partial charge in [0.1, 0.15) is 4.60 Å². The van der Waals surface area contributed by atoms with E-state index in [1.165, 1.54) is 25.7 Å². The molecule has 100 valence electrons. The van der Waals surface area contributed by atoms with Crippen LogP contribution in [0.1, 0.15) is 44.6 Å². The molecule has 2 aliphatic rings. The molecule has 0 unspecified atom stereocenters. The molecular formula is C13H19BrN2O2. The second-order valence-corrected chi connectivity index (χ2v) is 5.86. The molecule has 0 spiro atoms. The number of ether oxygens (including phenoxy) is 2. The second-order valence-electron chi connectivity index (χ2n) is 5.11. The minimum absolute atomic E-state index is 0.383. The van der Waals surface area contributed by atoms with E-state index < -0.39 is 0 Å². The molecule has 1 aromatic rings. The molecule has 4 nitrogen and oxygen atoms in total. The van der Waals surface area contributed by atoms with Gasteiger partial charge in [-0.25, -0.2) is 0 Å². The van der Waals surface area contributed by atoms with Gasteiger partial charge in [-0.05, 0) is 54.5 Å². The third kappa shape index (κ3) is 2.57. The maximum absolute atomic E-state index is 6.02. The molecule has 2 heterocycles. The Bertz CT molecular complexity index is 396. The summed E-state index contributed by atoms with van der Waals surface area (Å²) in [6, 6.07) is 0.439. The number of nitrogens with zero attached hydrogens (tertiary/aromatic N) is 2. The highest BCUT2D eigenvalue weighted by molar-refractivity contribution is 9.10. The van der Waals surface area contributed by atoms with E-state index in [0.717, 1.165) is 36.4 Å². The average molecular weight is 315 g/mol. The SMILES string of the molecule is Brc1c(OC2CCCC2)cnn1C1CCOCC1. The normalized spacial score (nSPS) is 22.5. The summed E-state index contributed by atoms with van der Waals surface area (Å²) in [4.78, 5) is 0. The fourth-order valence-electron chi connectivity index (χ4n) is 2.78. The van der Waals surface area contributed by atoms with Gasteiger partial charge in [0, 0.05) is 13.2 Å². The number of hydrogen-bond donors (Lipinski definition) is 0. The zero-order valence-corrected chi connectivity index (χ0v) is 12.1. The lowest BCUT2D eigenvalue weighted by Gasteiger charge is -2.23. The first-order valence-electron chi connectivity index (χ1n) is 6.82. The molecule has 0 atom stereocenters. The minimum Gasteiger partial charge on any atom is -0.486 e. The number of halogens is 1. The molecule has 0 radical (unpaired) electrons. The van der Waals surface area contributed by atoms with Crippen molar-refractivity contribution in [1.82, 2.24) is 9.78 Å². The van der Waals surface area contributed by atoms with Gasteiger partial charge in [-0.15, -0.1) is 0 Å². The van der Waals surface area contributed by atoms with Gasteiger partial charge in [0.25, 0.3) is 0 Å². The maximum Gasteiger partial charge on any atom is 0.172 e. The lowest BCUT2D eigenvalue weighted by Crippen LogP contribution is -2.20. The number of hydrogen-bond acceptors (Lipinski definition) is 3. The molecular weight excluding hydrogens is 296 g/mol. The van der Waals surface area contributed by atoms with Crippen LogP contribution in [0.25, 0.3) is 0 Å². The van der Waals surface area contributed by atoms with E-state index in [1.807, 2.05) is 10.9 Å². The molecule has 3 rings (SSSR count). The summed E-state index contributed by atoms with van der Waals surface area (Å²) in [6.07, 6.45) is 9.22. The highest BCUT2D eigenvalue weighted by Gasteiger charge is 2.23. The van der Waals surface area contributed by atoms with Crippen LogP contribution >= 0.6 is 15.9 Å². The molecule has 0 N–H and O–H groups in total. The zero-order chi connectivity index (χ0) is 12.4. The van der Waals surface area contributed by atoms with E-state index in [4.69, 9.17) is 9.47 Å². The molecule has 1 saturated carbocycles. The van der Waals surface area contributed by atoms with Gasteiger partial charge >= 0.3 is 0 Å². The Hall–Kier alpha value is -0.550. The Morgan fingerprint density at radius 3 is 2.67 bits per heavy atom. The first kappa shape index (κ1) is 12.5. The third-order valence-electron chi connectivity index (χ3n) is 3.84. The molecule has 1 aromatic heterocycles. The summed E-state index contributed by atoms with van der Waals surface area (Å²) in [5, 5.41) is 4.47. The lowest BCUT2D eigenvalue weighted by atomic mass is 10.1. The van der Waals surface area contributed by atoms with Crippen molar-refractivity contribution in [2.45, 2.75) is 50.7 Å². The smallest absolute Gasteiger partial charge is 0.172 e. The lowest BCUT2D eigenvalue weighted by molar-refractivity contribution is 0.0654. The predicted octanol–water partition coefficient (Wildman–Crippen LogP) is 3.32. The van der Waals surface area contributed by atoms with E-state index in [2.05, 4.69) is 21.0 Å². The van der Waals surface area contributed by atoms with Crippen LogP contribution in [0.15, 0.2) is 10.8 Å². The first-order valence-corrected chi connectivity index (χ1v) is 7.61. The number of rotatable bonds is 3. The largest absolute Gasteiger partial charge is 0.486 e. The topological polar surface area (TPSA) is 36.3 Å². The van der Waals surface area contributed by atoms with Crippen molar-refractivity contribution in [1.29, 1.82) is 0 Å². The van der Waals surface area contributed by atoms with Crippen LogP contribution in [-0.4, -0.2) is 29.1 Å². The number of aromatic nitrogens is 2. The summed E-state index contributed by atoms with van der Waals surface area (Å²) in [5.41, 5.74) is 0. The molecule has 1 aliphatic heterocycles. The summed E-state index contributed by atoms with van der Waals surface area (Å²) >= 11 is 3.63. The van der Waals surface area contributed by atoms with Gasteiger partial charge in [-0.3, -0.25) is 4.68 Å². The van der Waals surface area contributed by atoms with Crippen LogP contribution in [0.3, 0.4) is 0 Å². The van der Waals surface area contributed by atoms with Crippen molar-refractivity contribution in [2.24, 2.45) is 0 Å². The quantitative estimate of drug-likeness (QED) is 0.858. The minimum atomic E-state index is 0.383. The van der Waals surface area contributed by atoms with Crippen molar-refractivity contribution < 1.29 is 9.47 Å². The molecule has 1 saturated heterocycles. The molecule has 2 fully saturated rings. The molecule has 1 aliphatic carbocycles. The Labute approximate surface area is 116 Å². The fraction of sp³-hybridized carbons (Fsp3) is 0.769. The van der Waals surface area contributed by atoms with Gasteiger partial charge in [-0.2, -0.15) is 5.10 Å². The standard InChI is InChI=1S/C13H19BrN2O2/c14-13-12(18-11-3-1-2-4-11)9-15-16(13)10-5-7-17-8-6-10/h9-11H,1-8H2. The van der Waals surface area contributed by atoms with E-state index in [-0.39, 0.29) is 0 Å². The summed E-state index contributed by atoms with van der Waals surface area (Å²) in [5.74, 6) is 0.897. The highest BCUT2D eigenvalue weighted by atomic mass is 79.9. The molecule has 18 heavy (non-hydrogen) atoms. The second kappa shape index (κ2) is 5.61. The Morgan fingerprint density at radius 2 is 1.94 bits per heavy atom. The van der Waals surface area contributed by atoms with Crippen molar-refractivity contribution in [3.05, 3.63) is 10.8 Å². The third-order valence-corrected chi connectivity index (χ3v) is 4.59. The van der Waals surface area contributed by atoms with Crippen LogP contribution in [0.4, 0.5) is 0 Å². The van der Waals surface area contributed by atoms with E-state index in [9.17, 15) is 0 Å². The molecule has 5 heteroatoms. The first-order chi connectivity index (χ1) is 8.84. The molecule has 0 aromatic carbocycles. The monoisotopic (exact) mass is 314 g/mol. The van der Waals surface area contributed by atoms with Crippen LogP contribution < -0.4 is 4.74 Å². The van der Waals surface area contributed by atoms with Gasteiger partial charge < -0.3 is 9.47 Å². The van der Waals surface area contributed by atoms with Crippen LogP contribution in [0.2, 0.25) is 0 Å². The average Bonchev–Trinajstić information content (AvgIpc) is 3.03. The van der Waals surface area contributed by atoms with Gasteiger partial charge in [0.15, 0.2) is 5.75 Å².